The number of imidazole rings is 1. The molecule has 20 heavy (non-hydrogen) atoms. The standard InChI is InChI=1S/C16H16ClN3/c1-12-7-9-18-10-13(12)11-20-15-5-3-2-4-14(15)19-16(20)6-8-17/h2-5,7,9-10H,6,8,11H2,1H3. The molecule has 3 aromatic rings. The molecule has 2 aromatic heterocycles. The van der Waals surface area contributed by atoms with Gasteiger partial charge in [0, 0.05) is 24.7 Å². The summed E-state index contributed by atoms with van der Waals surface area (Å²) >= 11 is 5.90. The minimum Gasteiger partial charge on any atom is -0.323 e. The van der Waals surface area contributed by atoms with E-state index in [0.29, 0.717) is 5.88 Å². The summed E-state index contributed by atoms with van der Waals surface area (Å²) in [6, 6.07) is 10.2. The van der Waals surface area contributed by atoms with E-state index in [4.69, 9.17) is 11.6 Å². The van der Waals surface area contributed by atoms with Gasteiger partial charge in [-0.15, -0.1) is 11.6 Å². The number of rotatable bonds is 4. The Morgan fingerprint density at radius 1 is 1.20 bits per heavy atom. The Kier molecular flexibility index (Phi) is 3.70. The van der Waals surface area contributed by atoms with Crippen LogP contribution in [0.25, 0.3) is 11.0 Å². The summed E-state index contributed by atoms with van der Waals surface area (Å²) in [5.41, 5.74) is 4.63. The summed E-state index contributed by atoms with van der Waals surface area (Å²) < 4.78 is 2.24. The number of aromatic nitrogens is 3. The maximum atomic E-state index is 5.90. The molecule has 4 heteroatoms. The lowest BCUT2D eigenvalue weighted by molar-refractivity contribution is 0.748. The zero-order valence-corrected chi connectivity index (χ0v) is 12.1. The molecule has 0 aliphatic heterocycles. The molecule has 0 amide bonds. The maximum absolute atomic E-state index is 5.90. The van der Waals surface area contributed by atoms with E-state index in [1.165, 1.54) is 11.1 Å². The Balaban J connectivity index is 2.09. The minimum absolute atomic E-state index is 0.579. The quantitative estimate of drug-likeness (QED) is 0.686. The highest BCUT2D eigenvalue weighted by atomic mass is 35.5. The Morgan fingerprint density at radius 3 is 2.85 bits per heavy atom. The second-order valence-corrected chi connectivity index (χ2v) is 5.22. The van der Waals surface area contributed by atoms with E-state index in [2.05, 4.69) is 27.5 Å². The van der Waals surface area contributed by atoms with Crippen LogP contribution in [0.3, 0.4) is 0 Å². The number of aryl methyl sites for hydroxylation is 2. The van der Waals surface area contributed by atoms with Gasteiger partial charge in [0.15, 0.2) is 0 Å². The van der Waals surface area contributed by atoms with Gasteiger partial charge in [0.25, 0.3) is 0 Å². The van der Waals surface area contributed by atoms with Crippen LogP contribution in [0.2, 0.25) is 0 Å². The SMILES string of the molecule is Cc1ccncc1Cn1c(CCCl)nc2ccccc21. The van der Waals surface area contributed by atoms with Crippen LogP contribution < -0.4 is 0 Å². The number of para-hydroxylation sites is 2. The first-order valence-corrected chi connectivity index (χ1v) is 7.22. The average Bonchev–Trinajstić information content (AvgIpc) is 2.80. The van der Waals surface area contributed by atoms with Gasteiger partial charge in [-0.05, 0) is 36.2 Å². The van der Waals surface area contributed by atoms with Crippen molar-refractivity contribution in [2.45, 2.75) is 19.9 Å². The molecule has 0 aliphatic carbocycles. The van der Waals surface area contributed by atoms with E-state index in [9.17, 15) is 0 Å². The van der Waals surface area contributed by atoms with Crippen LogP contribution in [0.5, 0.6) is 0 Å². The fourth-order valence-electron chi connectivity index (χ4n) is 2.41. The van der Waals surface area contributed by atoms with Crippen molar-refractivity contribution < 1.29 is 0 Å². The molecule has 0 N–H and O–H groups in total. The van der Waals surface area contributed by atoms with Crippen LogP contribution in [-0.4, -0.2) is 20.4 Å². The molecule has 0 unspecified atom stereocenters. The van der Waals surface area contributed by atoms with E-state index in [1.807, 2.05) is 36.7 Å². The van der Waals surface area contributed by atoms with Gasteiger partial charge < -0.3 is 4.57 Å². The first-order chi connectivity index (χ1) is 9.79. The predicted octanol–water partition coefficient (Wildman–Crippen LogP) is 3.57. The number of pyridine rings is 1. The van der Waals surface area contributed by atoms with Gasteiger partial charge in [0.1, 0.15) is 5.82 Å². The van der Waals surface area contributed by atoms with Crippen molar-refractivity contribution in [3.63, 3.8) is 0 Å². The number of fused-ring (bicyclic) bond motifs is 1. The molecular formula is C16H16ClN3. The third kappa shape index (κ3) is 2.41. The van der Waals surface area contributed by atoms with Crippen LogP contribution >= 0.6 is 11.6 Å². The largest absolute Gasteiger partial charge is 0.323 e. The highest BCUT2D eigenvalue weighted by Gasteiger charge is 2.11. The Bertz CT molecular complexity index is 733. The third-order valence-corrected chi connectivity index (χ3v) is 3.72. The van der Waals surface area contributed by atoms with Crippen LogP contribution in [0.4, 0.5) is 0 Å². The summed E-state index contributed by atoms with van der Waals surface area (Å²) in [7, 11) is 0. The molecule has 0 bridgehead atoms. The van der Waals surface area contributed by atoms with Gasteiger partial charge in [-0.2, -0.15) is 0 Å². The summed E-state index contributed by atoms with van der Waals surface area (Å²) in [6.07, 6.45) is 4.52. The first-order valence-electron chi connectivity index (χ1n) is 6.69. The normalized spacial score (nSPS) is 11.1. The Labute approximate surface area is 123 Å². The van der Waals surface area contributed by atoms with Crippen LogP contribution in [0, 0.1) is 6.92 Å². The van der Waals surface area contributed by atoms with Gasteiger partial charge in [0.05, 0.1) is 17.6 Å². The molecule has 0 fully saturated rings. The average molecular weight is 286 g/mol. The zero-order chi connectivity index (χ0) is 13.9. The number of hydrogen-bond donors (Lipinski definition) is 0. The summed E-state index contributed by atoms with van der Waals surface area (Å²) in [5, 5.41) is 0. The number of alkyl halides is 1. The van der Waals surface area contributed by atoms with Crippen molar-refractivity contribution in [1.82, 2.24) is 14.5 Å². The number of benzene rings is 1. The lowest BCUT2D eigenvalue weighted by atomic mass is 10.1. The lowest BCUT2D eigenvalue weighted by Crippen LogP contribution is -2.07. The van der Waals surface area contributed by atoms with Gasteiger partial charge in [-0.25, -0.2) is 4.98 Å². The second kappa shape index (κ2) is 5.63. The third-order valence-electron chi connectivity index (χ3n) is 3.53. The van der Waals surface area contributed by atoms with E-state index in [1.54, 1.807) is 0 Å². The number of hydrogen-bond acceptors (Lipinski definition) is 2. The molecule has 3 rings (SSSR count). The highest BCUT2D eigenvalue weighted by Crippen LogP contribution is 2.19. The van der Waals surface area contributed by atoms with E-state index in [-0.39, 0.29) is 0 Å². The molecule has 1 aromatic carbocycles. The molecule has 0 aliphatic rings. The molecule has 2 heterocycles. The van der Waals surface area contributed by atoms with Crippen molar-refractivity contribution in [2.24, 2.45) is 0 Å². The van der Waals surface area contributed by atoms with Crippen molar-refractivity contribution in [1.29, 1.82) is 0 Å². The zero-order valence-electron chi connectivity index (χ0n) is 11.4. The maximum Gasteiger partial charge on any atom is 0.111 e. The van der Waals surface area contributed by atoms with Crippen LogP contribution in [0.1, 0.15) is 17.0 Å². The van der Waals surface area contributed by atoms with Crippen molar-refractivity contribution in [2.75, 3.05) is 5.88 Å². The number of nitrogens with zero attached hydrogens (tertiary/aromatic N) is 3. The molecular weight excluding hydrogens is 270 g/mol. The first kappa shape index (κ1) is 13.1. The summed E-state index contributed by atoms with van der Waals surface area (Å²) in [4.78, 5) is 8.91. The molecule has 0 saturated heterocycles. The van der Waals surface area contributed by atoms with Crippen molar-refractivity contribution in [3.8, 4) is 0 Å². The second-order valence-electron chi connectivity index (χ2n) is 4.84. The molecule has 0 radical (unpaired) electrons. The van der Waals surface area contributed by atoms with Crippen molar-refractivity contribution in [3.05, 3.63) is 59.7 Å². The van der Waals surface area contributed by atoms with E-state index >= 15 is 0 Å². The Morgan fingerprint density at radius 2 is 2.05 bits per heavy atom. The van der Waals surface area contributed by atoms with E-state index in [0.717, 1.165) is 29.8 Å². The smallest absolute Gasteiger partial charge is 0.111 e. The topological polar surface area (TPSA) is 30.7 Å². The molecule has 0 atom stereocenters. The van der Waals surface area contributed by atoms with Gasteiger partial charge >= 0.3 is 0 Å². The molecule has 0 spiro atoms. The Hall–Kier alpha value is -1.87. The highest BCUT2D eigenvalue weighted by molar-refractivity contribution is 6.17. The van der Waals surface area contributed by atoms with Crippen LogP contribution in [0.15, 0.2) is 42.7 Å². The summed E-state index contributed by atoms with van der Waals surface area (Å²) in [5.74, 6) is 1.61. The van der Waals surface area contributed by atoms with Gasteiger partial charge in [-0.1, -0.05) is 12.1 Å². The minimum atomic E-state index is 0.579. The lowest BCUT2D eigenvalue weighted by Gasteiger charge is -2.10. The molecule has 0 saturated carbocycles. The summed E-state index contributed by atoms with van der Waals surface area (Å²) in [6.45, 7) is 2.89. The molecule has 102 valence electrons. The van der Waals surface area contributed by atoms with Gasteiger partial charge in [-0.3, -0.25) is 4.98 Å². The fraction of sp³-hybridized carbons (Fsp3) is 0.250. The van der Waals surface area contributed by atoms with Crippen LogP contribution in [-0.2, 0) is 13.0 Å². The number of halogens is 1. The predicted molar refractivity (Wildman–Crippen MR) is 82.2 cm³/mol. The van der Waals surface area contributed by atoms with Crippen molar-refractivity contribution >= 4 is 22.6 Å². The van der Waals surface area contributed by atoms with Gasteiger partial charge in [0.2, 0.25) is 0 Å². The fourth-order valence-corrected chi connectivity index (χ4v) is 2.58. The molecule has 3 nitrogen and oxygen atoms in total. The van der Waals surface area contributed by atoms with E-state index < -0.39 is 0 Å². The monoisotopic (exact) mass is 285 g/mol.